The summed E-state index contributed by atoms with van der Waals surface area (Å²) in [6.45, 7) is 0.169. The van der Waals surface area contributed by atoms with Crippen molar-refractivity contribution in [2.45, 2.75) is 6.10 Å². The molecule has 0 aromatic heterocycles. The first kappa shape index (κ1) is 9.11. The van der Waals surface area contributed by atoms with E-state index in [1.807, 2.05) is 0 Å². The topological polar surface area (TPSA) is 84.9 Å². The Morgan fingerprint density at radius 1 is 1.43 bits per heavy atom. The minimum Gasteiger partial charge on any atom is -0.508 e. The minimum atomic E-state index is -0.849. The van der Waals surface area contributed by atoms with Crippen molar-refractivity contribution in [3.05, 3.63) is 17.7 Å². The first-order chi connectivity index (χ1) is 6.72. The molecule has 0 saturated heterocycles. The molecule has 0 bridgehead atoms. The Bertz CT molecular complexity index is 353. The lowest BCUT2D eigenvalue weighted by atomic mass is 10.1. The Kier molecular flexibility index (Phi) is 2.18. The molecule has 1 aliphatic rings. The van der Waals surface area contributed by atoms with Gasteiger partial charge in [-0.05, 0) is 6.07 Å². The fraction of sp³-hybridized carbons (Fsp3) is 0.333. The predicted molar refractivity (Wildman–Crippen MR) is 48.2 cm³/mol. The van der Waals surface area contributed by atoms with Crippen LogP contribution in [0.3, 0.4) is 0 Å². The van der Waals surface area contributed by atoms with Crippen LogP contribution in [0.25, 0.3) is 0 Å². The zero-order chi connectivity index (χ0) is 10.1. The number of rotatable bonds is 2. The second-order valence-corrected chi connectivity index (χ2v) is 3.02. The van der Waals surface area contributed by atoms with E-state index >= 15 is 0 Å². The molecule has 0 amide bonds. The van der Waals surface area contributed by atoms with Crippen molar-refractivity contribution in [2.24, 2.45) is 5.73 Å². The summed E-state index contributed by atoms with van der Waals surface area (Å²) >= 11 is 0. The molecule has 1 aromatic carbocycles. The highest BCUT2D eigenvalue weighted by Gasteiger charge is 2.22. The van der Waals surface area contributed by atoms with Crippen molar-refractivity contribution >= 4 is 0 Å². The van der Waals surface area contributed by atoms with Crippen molar-refractivity contribution in [1.29, 1.82) is 0 Å². The molecule has 14 heavy (non-hydrogen) atoms. The van der Waals surface area contributed by atoms with Gasteiger partial charge in [0.1, 0.15) is 5.75 Å². The van der Waals surface area contributed by atoms with E-state index in [-0.39, 0.29) is 19.1 Å². The van der Waals surface area contributed by atoms with Crippen LogP contribution in [0, 0.1) is 0 Å². The summed E-state index contributed by atoms with van der Waals surface area (Å²) < 4.78 is 10.2. The number of aliphatic hydroxyl groups is 1. The summed E-state index contributed by atoms with van der Waals surface area (Å²) in [7, 11) is 0. The van der Waals surface area contributed by atoms with E-state index in [0.717, 1.165) is 0 Å². The normalized spacial score (nSPS) is 15.6. The van der Waals surface area contributed by atoms with Gasteiger partial charge in [0.15, 0.2) is 11.5 Å². The average molecular weight is 197 g/mol. The molecule has 0 radical (unpaired) electrons. The van der Waals surface area contributed by atoms with Gasteiger partial charge in [0.2, 0.25) is 6.79 Å². The molecule has 2 rings (SSSR count). The van der Waals surface area contributed by atoms with Crippen molar-refractivity contribution in [3.63, 3.8) is 0 Å². The van der Waals surface area contributed by atoms with Gasteiger partial charge in [-0.2, -0.15) is 0 Å². The lowest BCUT2D eigenvalue weighted by molar-refractivity contribution is 0.161. The molecule has 1 unspecified atom stereocenters. The monoisotopic (exact) mass is 197 g/mol. The summed E-state index contributed by atoms with van der Waals surface area (Å²) in [5, 5.41) is 18.9. The Labute approximate surface area is 80.7 Å². The van der Waals surface area contributed by atoms with Crippen LogP contribution >= 0.6 is 0 Å². The van der Waals surface area contributed by atoms with E-state index in [0.29, 0.717) is 17.1 Å². The number of phenolic OH excluding ortho intramolecular Hbond substituents is 1. The fourth-order valence-corrected chi connectivity index (χ4v) is 1.40. The van der Waals surface area contributed by atoms with Gasteiger partial charge in [0, 0.05) is 18.2 Å². The molecule has 1 aliphatic heterocycles. The quantitative estimate of drug-likeness (QED) is 0.626. The van der Waals surface area contributed by atoms with Crippen molar-refractivity contribution in [1.82, 2.24) is 0 Å². The summed E-state index contributed by atoms with van der Waals surface area (Å²) in [4.78, 5) is 0. The van der Waals surface area contributed by atoms with E-state index in [9.17, 15) is 10.2 Å². The maximum absolute atomic E-state index is 9.55. The van der Waals surface area contributed by atoms with Crippen LogP contribution in [0.4, 0.5) is 0 Å². The van der Waals surface area contributed by atoms with Gasteiger partial charge in [-0.25, -0.2) is 0 Å². The smallest absolute Gasteiger partial charge is 0.231 e. The van der Waals surface area contributed by atoms with E-state index in [4.69, 9.17) is 15.2 Å². The number of fused-ring (bicyclic) bond motifs is 1. The van der Waals surface area contributed by atoms with Crippen LogP contribution in [0.1, 0.15) is 11.7 Å². The lowest BCUT2D eigenvalue weighted by Crippen LogP contribution is -2.12. The van der Waals surface area contributed by atoms with Crippen LogP contribution in [0.15, 0.2) is 12.1 Å². The molecule has 4 N–H and O–H groups in total. The molecular formula is C9H11NO4. The lowest BCUT2D eigenvalue weighted by Gasteiger charge is -2.11. The maximum atomic E-state index is 9.55. The molecule has 0 saturated carbocycles. The van der Waals surface area contributed by atoms with Crippen LogP contribution in [-0.4, -0.2) is 23.6 Å². The van der Waals surface area contributed by atoms with Crippen LogP contribution in [-0.2, 0) is 0 Å². The zero-order valence-corrected chi connectivity index (χ0v) is 7.43. The highest BCUT2D eigenvalue weighted by molar-refractivity contribution is 5.53. The minimum absolute atomic E-state index is 0.0248. The first-order valence-electron chi connectivity index (χ1n) is 4.23. The third kappa shape index (κ3) is 1.36. The third-order valence-corrected chi connectivity index (χ3v) is 2.07. The average Bonchev–Trinajstić information content (AvgIpc) is 2.62. The van der Waals surface area contributed by atoms with Gasteiger partial charge < -0.3 is 25.4 Å². The molecule has 0 fully saturated rings. The highest BCUT2D eigenvalue weighted by Crippen LogP contribution is 2.41. The van der Waals surface area contributed by atoms with Crippen LogP contribution in [0.2, 0.25) is 0 Å². The Morgan fingerprint density at radius 2 is 2.21 bits per heavy atom. The molecule has 1 atom stereocenters. The number of aromatic hydroxyl groups is 1. The molecule has 76 valence electrons. The van der Waals surface area contributed by atoms with E-state index in [1.54, 1.807) is 0 Å². The molecular weight excluding hydrogens is 186 g/mol. The highest BCUT2D eigenvalue weighted by atomic mass is 16.7. The van der Waals surface area contributed by atoms with Crippen molar-refractivity contribution in [3.8, 4) is 17.2 Å². The SMILES string of the molecule is NCC(O)c1cc(O)cc2c1OCO2. The molecule has 5 heteroatoms. The summed E-state index contributed by atoms with van der Waals surface area (Å²) in [5.41, 5.74) is 5.78. The maximum Gasteiger partial charge on any atom is 0.231 e. The second kappa shape index (κ2) is 3.36. The number of hydrogen-bond acceptors (Lipinski definition) is 5. The number of nitrogens with two attached hydrogens (primary N) is 1. The Balaban J connectivity index is 2.48. The number of benzene rings is 1. The molecule has 0 aliphatic carbocycles. The third-order valence-electron chi connectivity index (χ3n) is 2.07. The molecule has 0 spiro atoms. The largest absolute Gasteiger partial charge is 0.508 e. The second-order valence-electron chi connectivity index (χ2n) is 3.02. The van der Waals surface area contributed by atoms with Crippen molar-refractivity contribution < 1.29 is 19.7 Å². The first-order valence-corrected chi connectivity index (χ1v) is 4.23. The molecule has 1 aromatic rings. The number of aliphatic hydroxyl groups excluding tert-OH is 1. The predicted octanol–water partition coefficient (Wildman–Crippen LogP) is 0.113. The van der Waals surface area contributed by atoms with Crippen LogP contribution < -0.4 is 15.2 Å². The molecule has 1 heterocycles. The summed E-state index contributed by atoms with van der Waals surface area (Å²) in [6.07, 6.45) is -0.849. The fourth-order valence-electron chi connectivity index (χ4n) is 1.40. The molecule has 5 nitrogen and oxygen atoms in total. The number of ether oxygens (including phenoxy) is 2. The summed E-state index contributed by atoms with van der Waals surface area (Å²) in [5.74, 6) is 0.921. The van der Waals surface area contributed by atoms with E-state index in [1.165, 1.54) is 12.1 Å². The van der Waals surface area contributed by atoms with Gasteiger partial charge in [0.05, 0.1) is 6.10 Å². The van der Waals surface area contributed by atoms with Gasteiger partial charge in [-0.3, -0.25) is 0 Å². The van der Waals surface area contributed by atoms with Crippen LogP contribution in [0.5, 0.6) is 17.2 Å². The summed E-state index contributed by atoms with van der Waals surface area (Å²) in [6, 6.07) is 2.86. The Morgan fingerprint density at radius 3 is 2.93 bits per heavy atom. The number of phenols is 1. The van der Waals surface area contributed by atoms with E-state index < -0.39 is 6.10 Å². The number of hydrogen-bond donors (Lipinski definition) is 3. The van der Waals surface area contributed by atoms with Gasteiger partial charge in [-0.1, -0.05) is 0 Å². The van der Waals surface area contributed by atoms with Gasteiger partial charge in [-0.15, -0.1) is 0 Å². The Hall–Kier alpha value is -1.46. The zero-order valence-electron chi connectivity index (χ0n) is 7.43. The van der Waals surface area contributed by atoms with Gasteiger partial charge in [0.25, 0.3) is 0 Å². The van der Waals surface area contributed by atoms with Crippen molar-refractivity contribution in [2.75, 3.05) is 13.3 Å². The van der Waals surface area contributed by atoms with E-state index in [2.05, 4.69) is 0 Å². The standard InChI is InChI=1S/C9H11NO4/c10-3-7(12)6-1-5(11)2-8-9(6)14-4-13-8/h1-2,7,11-12H,3-4,10H2. The van der Waals surface area contributed by atoms with Gasteiger partial charge >= 0.3 is 0 Å².